The summed E-state index contributed by atoms with van der Waals surface area (Å²) in [6, 6.07) is 11.6. The number of hydrogen-bond donors (Lipinski definition) is 0. The lowest BCUT2D eigenvalue weighted by atomic mass is 10.0. The third-order valence-electron chi connectivity index (χ3n) is 2.33. The first-order chi connectivity index (χ1) is 8.19. The van der Waals surface area contributed by atoms with Crippen LogP contribution in [0.4, 0.5) is 0 Å². The molecule has 0 fully saturated rings. The summed E-state index contributed by atoms with van der Waals surface area (Å²) in [4.78, 5) is 11.5. The van der Waals surface area contributed by atoms with Crippen LogP contribution >= 0.6 is 0 Å². The summed E-state index contributed by atoms with van der Waals surface area (Å²) in [5.41, 5.74) is 1.91. The van der Waals surface area contributed by atoms with E-state index in [2.05, 4.69) is 0 Å². The van der Waals surface area contributed by atoms with Crippen LogP contribution in [0.15, 0.2) is 41.5 Å². The molecular formula is C14H15NO2. The molecule has 0 saturated heterocycles. The van der Waals surface area contributed by atoms with E-state index in [1.807, 2.05) is 36.4 Å². The lowest BCUT2D eigenvalue weighted by molar-refractivity contribution is -0.138. The van der Waals surface area contributed by atoms with Crippen LogP contribution in [0.3, 0.4) is 0 Å². The van der Waals surface area contributed by atoms with Gasteiger partial charge in [0, 0.05) is 0 Å². The molecule has 0 unspecified atom stereocenters. The first-order valence-electron chi connectivity index (χ1n) is 5.50. The van der Waals surface area contributed by atoms with E-state index in [1.165, 1.54) is 0 Å². The molecule has 0 N–H and O–H groups in total. The van der Waals surface area contributed by atoms with Crippen LogP contribution in [-0.2, 0) is 16.0 Å². The molecule has 1 aromatic rings. The Hall–Kier alpha value is -2.08. The van der Waals surface area contributed by atoms with E-state index in [4.69, 9.17) is 10.00 Å². The number of benzene rings is 1. The number of rotatable bonds is 4. The maximum Gasteiger partial charge on any atom is 0.348 e. The average molecular weight is 229 g/mol. The fourth-order valence-electron chi connectivity index (χ4n) is 1.51. The third-order valence-corrected chi connectivity index (χ3v) is 2.33. The normalized spacial score (nSPS) is 11.4. The van der Waals surface area contributed by atoms with E-state index < -0.39 is 5.97 Å². The number of nitriles is 1. The summed E-state index contributed by atoms with van der Waals surface area (Å²) >= 11 is 0. The first-order valence-corrected chi connectivity index (χ1v) is 5.50. The summed E-state index contributed by atoms with van der Waals surface area (Å²) in [6.45, 7) is 3.78. The van der Waals surface area contributed by atoms with Gasteiger partial charge in [-0.05, 0) is 31.4 Å². The quantitative estimate of drug-likeness (QED) is 0.453. The van der Waals surface area contributed by atoms with Crippen LogP contribution in [0.1, 0.15) is 19.4 Å². The van der Waals surface area contributed by atoms with E-state index in [0.717, 1.165) is 11.1 Å². The predicted molar refractivity (Wildman–Crippen MR) is 65.1 cm³/mol. The molecule has 17 heavy (non-hydrogen) atoms. The molecule has 3 nitrogen and oxygen atoms in total. The van der Waals surface area contributed by atoms with Gasteiger partial charge < -0.3 is 4.74 Å². The highest BCUT2D eigenvalue weighted by molar-refractivity contribution is 5.93. The molecule has 88 valence electrons. The zero-order chi connectivity index (χ0) is 12.7. The van der Waals surface area contributed by atoms with Crippen LogP contribution in [0, 0.1) is 11.3 Å². The van der Waals surface area contributed by atoms with Gasteiger partial charge in [0.25, 0.3) is 0 Å². The lowest BCUT2D eigenvalue weighted by Gasteiger charge is -2.05. The highest BCUT2D eigenvalue weighted by atomic mass is 16.5. The van der Waals surface area contributed by atoms with Gasteiger partial charge in [-0.2, -0.15) is 5.26 Å². The Labute approximate surface area is 101 Å². The molecule has 0 saturated carbocycles. The maximum absolute atomic E-state index is 11.5. The van der Waals surface area contributed by atoms with Crippen molar-refractivity contribution in [1.82, 2.24) is 0 Å². The minimum Gasteiger partial charge on any atom is -0.462 e. The number of esters is 1. The van der Waals surface area contributed by atoms with Gasteiger partial charge in [-0.15, -0.1) is 0 Å². The van der Waals surface area contributed by atoms with Gasteiger partial charge in [-0.25, -0.2) is 4.79 Å². The smallest absolute Gasteiger partial charge is 0.348 e. The van der Waals surface area contributed by atoms with Crippen molar-refractivity contribution in [1.29, 1.82) is 5.26 Å². The number of allylic oxidation sites excluding steroid dienone is 1. The summed E-state index contributed by atoms with van der Waals surface area (Å²) in [5.74, 6) is -0.538. The van der Waals surface area contributed by atoms with Crippen LogP contribution in [0.2, 0.25) is 0 Å². The molecule has 0 amide bonds. The molecule has 1 rings (SSSR count). The molecule has 0 atom stereocenters. The van der Waals surface area contributed by atoms with Gasteiger partial charge in [-0.3, -0.25) is 0 Å². The van der Waals surface area contributed by atoms with Gasteiger partial charge >= 0.3 is 5.97 Å². The average Bonchev–Trinajstić information content (AvgIpc) is 2.31. The van der Waals surface area contributed by atoms with Crippen molar-refractivity contribution in [2.24, 2.45) is 0 Å². The van der Waals surface area contributed by atoms with Crippen molar-refractivity contribution >= 4 is 5.97 Å². The van der Waals surface area contributed by atoms with Crippen molar-refractivity contribution in [3.05, 3.63) is 47.0 Å². The van der Waals surface area contributed by atoms with E-state index in [1.54, 1.807) is 13.8 Å². The number of nitrogens with zero attached hydrogens (tertiary/aromatic N) is 1. The second-order valence-electron chi connectivity index (χ2n) is 3.65. The van der Waals surface area contributed by atoms with Crippen LogP contribution in [0.5, 0.6) is 0 Å². The molecule has 0 aliphatic heterocycles. The van der Waals surface area contributed by atoms with Gasteiger partial charge in [0.2, 0.25) is 0 Å². The van der Waals surface area contributed by atoms with Gasteiger partial charge in [-0.1, -0.05) is 30.3 Å². The lowest BCUT2D eigenvalue weighted by Crippen LogP contribution is -2.09. The number of ether oxygens (including phenoxy) is 1. The summed E-state index contributed by atoms with van der Waals surface area (Å²) < 4.78 is 4.83. The molecule has 0 spiro atoms. The van der Waals surface area contributed by atoms with Crippen molar-refractivity contribution in [2.75, 3.05) is 6.61 Å². The fourth-order valence-corrected chi connectivity index (χ4v) is 1.51. The van der Waals surface area contributed by atoms with Gasteiger partial charge in [0.1, 0.15) is 11.6 Å². The molecule has 1 aromatic carbocycles. The Bertz CT molecular complexity index is 455. The molecule has 0 aliphatic carbocycles. The Morgan fingerprint density at radius 2 is 2.00 bits per heavy atom. The van der Waals surface area contributed by atoms with Crippen LogP contribution in [-0.4, -0.2) is 12.6 Å². The largest absolute Gasteiger partial charge is 0.462 e. The number of carbonyl (C=O) groups excluding carboxylic acids is 1. The monoisotopic (exact) mass is 229 g/mol. The molecule has 0 heterocycles. The number of hydrogen-bond acceptors (Lipinski definition) is 3. The Morgan fingerprint density at radius 3 is 2.53 bits per heavy atom. The Morgan fingerprint density at radius 1 is 1.35 bits per heavy atom. The molecule has 0 aliphatic rings. The Kier molecular flexibility index (Phi) is 4.96. The zero-order valence-corrected chi connectivity index (χ0v) is 10.1. The first kappa shape index (κ1) is 13.0. The summed E-state index contributed by atoms with van der Waals surface area (Å²) in [7, 11) is 0. The molecule has 0 bridgehead atoms. The van der Waals surface area contributed by atoms with E-state index in [-0.39, 0.29) is 12.2 Å². The van der Waals surface area contributed by atoms with Crippen molar-refractivity contribution < 1.29 is 9.53 Å². The van der Waals surface area contributed by atoms with Crippen molar-refractivity contribution in [3.63, 3.8) is 0 Å². The standard InChI is InChI=1S/C14H15NO2/c1-3-17-14(16)13(10-15)11(2)9-12-7-5-4-6-8-12/h4-8H,3,9H2,1-2H3/b13-11+. The highest BCUT2D eigenvalue weighted by Gasteiger charge is 2.13. The molecule has 0 aromatic heterocycles. The summed E-state index contributed by atoms with van der Waals surface area (Å²) in [6.07, 6.45) is 0.586. The summed E-state index contributed by atoms with van der Waals surface area (Å²) in [5, 5.41) is 8.96. The van der Waals surface area contributed by atoms with E-state index in [9.17, 15) is 4.79 Å². The zero-order valence-electron chi connectivity index (χ0n) is 10.1. The minimum absolute atomic E-state index is 0.107. The second-order valence-corrected chi connectivity index (χ2v) is 3.65. The predicted octanol–water partition coefficient (Wildman–Crippen LogP) is 2.63. The molecular weight excluding hydrogens is 214 g/mol. The van der Waals surface area contributed by atoms with Crippen LogP contribution < -0.4 is 0 Å². The third kappa shape index (κ3) is 3.76. The Balaban J connectivity index is 2.88. The van der Waals surface area contributed by atoms with E-state index >= 15 is 0 Å². The SMILES string of the molecule is CCOC(=O)/C(C#N)=C(\C)Cc1ccccc1. The highest BCUT2D eigenvalue weighted by Crippen LogP contribution is 2.12. The molecule has 0 radical (unpaired) electrons. The van der Waals surface area contributed by atoms with Gasteiger partial charge in [0.15, 0.2) is 0 Å². The van der Waals surface area contributed by atoms with Crippen molar-refractivity contribution in [3.8, 4) is 6.07 Å². The van der Waals surface area contributed by atoms with E-state index in [0.29, 0.717) is 6.42 Å². The number of carbonyl (C=O) groups is 1. The van der Waals surface area contributed by atoms with Gasteiger partial charge in [0.05, 0.1) is 6.61 Å². The van der Waals surface area contributed by atoms with Crippen molar-refractivity contribution in [2.45, 2.75) is 20.3 Å². The maximum atomic E-state index is 11.5. The molecule has 3 heteroatoms. The second kappa shape index (κ2) is 6.49. The fraction of sp³-hybridized carbons (Fsp3) is 0.286. The minimum atomic E-state index is -0.538. The van der Waals surface area contributed by atoms with Crippen LogP contribution in [0.25, 0.3) is 0 Å². The topological polar surface area (TPSA) is 50.1 Å².